The van der Waals surface area contributed by atoms with E-state index in [0.29, 0.717) is 19.0 Å². The summed E-state index contributed by atoms with van der Waals surface area (Å²) in [6, 6.07) is 15.8. The van der Waals surface area contributed by atoms with Crippen molar-refractivity contribution in [3.8, 4) is 0 Å². The highest BCUT2D eigenvalue weighted by Crippen LogP contribution is 2.48. The number of amidine groups is 1. The van der Waals surface area contributed by atoms with Gasteiger partial charge >= 0.3 is 7.60 Å². The highest BCUT2D eigenvalue weighted by atomic mass is 31.2. The lowest BCUT2D eigenvalue weighted by molar-refractivity contribution is 0.223. The SMILES string of the molecule is CCOP(=O)(CC(=Nc1cccc(C)c1)Nc1cccc(C)c1)OCC. The summed E-state index contributed by atoms with van der Waals surface area (Å²) in [4.78, 5) is 4.67. The topological polar surface area (TPSA) is 59.9 Å². The minimum Gasteiger partial charge on any atom is -0.343 e. The van der Waals surface area contributed by atoms with Crippen molar-refractivity contribution in [1.82, 2.24) is 0 Å². The number of rotatable bonds is 8. The van der Waals surface area contributed by atoms with E-state index in [9.17, 15) is 4.57 Å². The third-order valence-corrected chi connectivity index (χ3v) is 5.56. The van der Waals surface area contributed by atoms with Crippen LogP contribution in [0.15, 0.2) is 53.5 Å². The monoisotopic (exact) mass is 374 g/mol. The van der Waals surface area contributed by atoms with Gasteiger partial charge in [-0.2, -0.15) is 0 Å². The van der Waals surface area contributed by atoms with Gasteiger partial charge < -0.3 is 14.4 Å². The Balaban J connectivity index is 2.35. The third-order valence-electron chi connectivity index (χ3n) is 3.57. The number of benzene rings is 2. The lowest BCUT2D eigenvalue weighted by Crippen LogP contribution is -2.19. The highest BCUT2D eigenvalue weighted by Gasteiger charge is 2.26. The van der Waals surface area contributed by atoms with E-state index in [1.807, 2.05) is 62.4 Å². The summed E-state index contributed by atoms with van der Waals surface area (Å²) in [6.45, 7) is 8.28. The maximum atomic E-state index is 13.0. The summed E-state index contributed by atoms with van der Waals surface area (Å²) in [5, 5.41) is 3.28. The molecule has 0 aliphatic carbocycles. The van der Waals surface area contributed by atoms with Crippen molar-refractivity contribution in [3.63, 3.8) is 0 Å². The molecule has 0 radical (unpaired) electrons. The maximum Gasteiger partial charge on any atom is 0.338 e. The number of hydrogen-bond donors (Lipinski definition) is 1. The Hall–Kier alpha value is -1.94. The summed E-state index contributed by atoms with van der Waals surface area (Å²) in [7, 11) is -3.27. The van der Waals surface area contributed by atoms with E-state index in [-0.39, 0.29) is 6.16 Å². The summed E-state index contributed by atoms with van der Waals surface area (Å²) in [5.74, 6) is 0.548. The normalized spacial score (nSPS) is 12.2. The number of nitrogens with zero attached hydrogens (tertiary/aromatic N) is 1. The summed E-state index contributed by atoms with van der Waals surface area (Å²) in [5.41, 5.74) is 3.91. The molecule has 0 aliphatic rings. The second kappa shape index (κ2) is 9.67. The lowest BCUT2D eigenvalue weighted by atomic mass is 10.2. The predicted octanol–water partition coefficient (Wildman–Crippen LogP) is 5.71. The molecule has 2 aromatic carbocycles. The van der Waals surface area contributed by atoms with Crippen molar-refractivity contribution < 1.29 is 13.6 Å². The Morgan fingerprint density at radius 2 is 1.62 bits per heavy atom. The van der Waals surface area contributed by atoms with Crippen LogP contribution < -0.4 is 5.32 Å². The van der Waals surface area contributed by atoms with Gasteiger partial charge in [-0.15, -0.1) is 0 Å². The van der Waals surface area contributed by atoms with Crippen LogP contribution in [0.25, 0.3) is 0 Å². The Morgan fingerprint density at radius 3 is 2.19 bits per heavy atom. The molecule has 1 N–H and O–H groups in total. The van der Waals surface area contributed by atoms with Crippen LogP contribution in [-0.4, -0.2) is 25.2 Å². The van der Waals surface area contributed by atoms with Gasteiger partial charge in [-0.1, -0.05) is 24.3 Å². The summed E-state index contributed by atoms with van der Waals surface area (Å²) in [6.07, 6.45) is 0.0799. The Morgan fingerprint density at radius 1 is 1.00 bits per heavy atom. The quantitative estimate of drug-likeness (QED) is 0.365. The van der Waals surface area contributed by atoms with Crippen LogP contribution >= 0.6 is 7.60 Å². The van der Waals surface area contributed by atoms with Crippen LogP contribution in [0.2, 0.25) is 0 Å². The van der Waals surface area contributed by atoms with E-state index in [1.165, 1.54) is 0 Å². The number of aryl methyl sites for hydroxylation is 2. The molecule has 2 aromatic rings. The minimum absolute atomic E-state index is 0.0799. The van der Waals surface area contributed by atoms with Crippen molar-refractivity contribution in [2.75, 3.05) is 24.7 Å². The molecule has 0 aliphatic heterocycles. The molecule has 0 spiro atoms. The van der Waals surface area contributed by atoms with E-state index < -0.39 is 7.60 Å². The molecule has 26 heavy (non-hydrogen) atoms. The molecule has 0 saturated carbocycles. The van der Waals surface area contributed by atoms with Gasteiger partial charge in [0.1, 0.15) is 12.0 Å². The number of hydrogen-bond acceptors (Lipinski definition) is 4. The molecule has 0 saturated heterocycles. The fraction of sp³-hybridized carbons (Fsp3) is 0.350. The van der Waals surface area contributed by atoms with Crippen molar-refractivity contribution in [3.05, 3.63) is 59.7 Å². The van der Waals surface area contributed by atoms with E-state index in [2.05, 4.69) is 10.3 Å². The van der Waals surface area contributed by atoms with Crippen LogP contribution in [0.5, 0.6) is 0 Å². The zero-order chi connectivity index (χ0) is 19.0. The predicted molar refractivity (Wildman–Crippen MR) is 109 cm³/mol. The van der Waals surface area contributed by atoms with Crippen LogP contribution in [0, 0.1) is 13.8 Å². The highest BCUT2D eigenvalue weighted by molar-refractivity contribution is 7.55. The number of aliphatic imine (C=N–C) groups is 1. The first kappa shape index (κ1) is 20.4. The van der Waals surface area contributed by atoms with Gasteiger partial charge in [0.25, 0.3) is 0 Å². The third kappa shape index (κ3) is 6.41. The van der Waals surface area contributed by atoms with Gasteiger partial charge in [-0.3, -0.25) is 4.57 Å². The van der Waals surface area contributed by atoms with Crippen LogP contribution in [0.1, 0.15) is 25.0 Å². The maximum absolute atomic E-state index is 13.0. The van der Waals surface area contributed by atoms with Gasteiger partial charge in [0, 0.05) is 5.69 Å². The second-order valence-corrected chi connectivity index (χ2v) is 8.05. The molecule has 5 nitrogen and oxygen atoms in total. The molecule has 0 amide bonds. The molecule has 2 rings (SSSR count). The smallest absolute Gasteiger partial charge is 0.338 e. The van der Waals surface area contributed by atoms with Crippen molar-refractivity contribution >= 4 is 24.8 Å². The molecule has 0 heterocycles. The van der Waals surface area contributed by atoms with Gasteiger partial charge in [0.05, 0.1) is 18.9 Å². The fourth-order valence-corrected chi connectivity index (χ4v) is 4.11. The van der Waals surface area contributed by atoms with Crippen LogP contribution in [0.4, 0.5) is 11.4 Å². The zero-order valence-corrected chi connectivity index (χ0v) is 16.8. The molecule has 0 bridgehead atoms. The molecule has 140 valence electrons. The van der Waals surface area contributed by atoms with E-state index in [1.54, 1.807) is 13.8 Å². The average molecular weight is 374 g/mol. The molecule has 0 fully saturated rings. The molecule has 0 atom stereocenters. The average Bonchev–Trinajstić information content (AvgIpc) is 2.55. The van der Waals surface area contributed by atoms with Gasteiger partial charge in [-0.25, -0.2) is 4.99 Å². The molecule has 0 aromatic heterocycles. The fourth-order valence-electron chi connectivity index (χ4n) is 2.55. The largest absolute Gasteiger partial charge is 0.343 e. The van der Waals surface area contributed by atoms with E-state index >= 15 is 0 Å². The first-order chi connectivity index (χ1) is 12.4. The molecular formula is C20H27N2O3P. The first-order valence-electron chi connectivity index (χ1n) is 8.80. The Bertz CT molecular complexity index is 795. The Kier molecular flexibility index (Phi) is 7.58. The van der Waals surface area contributed by atoms with Gasteiger partial charge in [0.2, 0.25) is 0 Å². The van der Waals surface area contributed by atoms with Crippen molar-refractivity contribution in [1.29, 1.82) is 0 Å². The summed E-state index contributed by atoms with van der Waals surface area (Å²) < 4.78 is 23.8. The zero-order valence-electron chi connectivity index (χ0n) is 15.9. The lowest BCUT2D eigenvalue weighted by Gasteiger charge is -2.19. The number of nitrogens with one attached hydrogen (secondary N) is 1. The summed E-state index contributed by atoms with van der Waals surface area (Å²) >= 11 is 0. The number of anilines is 1. The van der Waals surface area contributed by atoms with Crippen molar-refractivity contribution in [2.24, 2.45) is 4.99 Å². The molecular weight excluding hydrogens is 347 g/mol. The van der Waals surface area contributed by atoms with Crippen molar-refractivity contribution in [2.45, 2.75) is 27.7 Å². The first-order valence-corrected chi connectivity index (χ1v) is 10.5. The van der Waals surface area contributed by atoms with Crippen LogP contribution in [0.3, 0.4) is 0 Å². The standard InChI is InChI=1S/C20H27N2O3P/c1-5-24-26(23,25-6-2)15-20(21-18-11-7-9-16(3)13-18)22-19-12-8-10-17(4)14-19/h7-14H,5-6,15H2,1-4H3,(H,21,22). The van der Waals surface area contributed by atoms with Gasteiger partial charge in [0.15, 0.2) is 0 Å². The second-order valence-electron chi connectivity index (χ2n) is 6.00. The van der Waals surface area contributed by atoms with Crippen LogP contribution in [-0.2, 0) is 13.6 Å². The van der Waals surface area contributed by atoms with E-state index in [4.69, 9.17) is 9.05 Å². The minimum atomic E-state index is -3.27. The molecule has 6 heteroatoms. The molecule has 0 unspecified atom stereocenters. The Labute approximate surface area is 156 Å². The van der Waals surface area contributed by atoms with Gasteiger partial charge in [-0.05, 0) is 63.1 Å². The van der Waals surface area contributed by atoms with E-state index in [0.717, 1.165) is 22.5 Å².